The van der Waals surface area contributed by atoms with E-state index in [0.717, 1.165) is 25.4 Å². The molecule has 0 aliphatic carbocycles. The maximum absolute atomic E-state index is 13.0. The van der Waals surface area contributed by atoms with Crippen LogP contribution in [0, 0.1) is 0 Å². The van der Waals surface area contributed by atoms with Gasteiger partial charge in [0.1, 0.15) is 11.5 Å². The molecule has 1 aliphatic rings. The van der Waals surface area contributed by atoms with Crippen molar-refractivity contribution in [1.29, 1.82) is 0 Å². The quantitative estimate of drug-likeness (QED) is 0.544. The van der Waals surface area contributed by atoms with E-state index in [4.69, 9.17) is 5.73 Å². The maximum Gasteiger partial charge on any atom is 0.434 e. The third kappa shape index (κ3) is 3.47. The number of aliphatic imine (C=N–C) groups is 1. The number of amidine groups is 1. The van der Waals surface area contributed by atoms with Gasteiger partial charge in [-0.15, -0.1) is 0 Å². The highest BCUT2D eigenvalue weighted by Gasteiger charge is 2.33. The second-order valence-electron chi connectivity index (χ2n) is 6.54. The van der Waals surface area contributed by atoms with E-state index < -0.39 is 11.9 Å². The van der Waals surface area contributed by atoms with Crippen LogP contribution in [-0.4, -0.2) is 49.3 Å². The highest BCUT2D eigenvalue weighted by Crippen LogP contribution is 2.29. The van der Waals surface area contributed by atoms with Gasteiger partial charge in [-0.3, -0.25) is 9.39 Å². The highest BCUT2D eigenvalue weighted by atomic mass is 19.4. The van der Waals surface area contributed by atoms with Crippen molar-refractivity contribution in [3.8, 4) is 11.5 Å². The molecule has 2 N–H and O–H groups in total. The van der Waals surface area contributed by atoms with Crippen molar-refractivity contribution < 1.29 is 13.2 Å². The van der Waals surface area contributed by atoms with Crippen molar-refractivity contribution in [3.63, 3.8) is 0 Å². The first kappa shape index (κ1) is 18.1. The molecule has 0 aromatic carbocycles. The van der Waals surface area contributed by atoms with Gasteiger partial charge in [0, 0.05) is 25.5 Å². The first-order valence-corrected chi connectivity index (χ1v) is 8.60. The molecule has 0 spiro atoms. The molecule has 8 nitrogen and oxygen atoms in total. The number of imidazole rings is 1. The fourth-order valence-corrected chi connectivity index (χ4v) is 3.19. The van der Waals surface area contributed by atoms with Gasteiger partial charge >= 0.3 is 6.18 Å². The number of halogens is 3. The lowest BCUT2D eigenvalue weighted by Crippen LogP contribution is -2.23. The van der Waals surface area contributed by atoms with Gasteiger partial charge in [-0.25, -0.2) is 19.9 Å². The van der Waals surface area contributed by atoms with Crippen molar-refractivity contribution >= 4 is 17.3 Å². The van der Waals surface area contributed by atoms with Gasteiger partial charge in [0.15, 0.2) is 17.2 Å². The van der Waals surface area contributed by atoms with Crippen LogP contribution in [0.4, 0.5) is 19.0 Å². The number of nitrogens with two attached hydrogens (primary N) is 1. The first-order chi connectivity index (χ1) is 13.3. The van der Waals surface area contributed by atoms with Crippen molar-refractivity contribution in [2.75, 3.05) is 18.0 Å². The lowest BCUT2D eigenvalue weighted by Gasteiger charge is -2.17. The van der Waals surface area contributed by atoms with Crippen LogP contribution < -0.4 is 10.6 Å². The van der Waals surface area contributed by atoms with E-state index in [1.54, 1.807) is 19.2 Å². The van der Waals surface area contributed by atoms with Crippen molar-refractivity contribution in [2.45, 2.75) is 25.6 Å². The molecule has 1 saturated heterocycles. The number of nitrogens with zero attached hydrogens (tertiary/aromatic N) is 7. The summed E-state index contributed by atoms with van der Waals surface area (Å²) in [6, 6.07) is 1.86. The smallest absolute Gasteiger partial charge is 0.388 e. The second-order valence-corrected chi connectivity index (χ2v) is 6.54. The first-order valence-electron chi connectivity index (χ1n) is 8.60. The van der Waals surface area contributed by atoms with Crippen LogP contribution in [0.2, 0.25) is 0 Å². The summed E-state index contributed by atoms with van der Waals surface area (Å²) in [6.45, 7) is 3.17. The number of fused-ring (bicyclic) bond motifs is 1. The standard InChI is InChI=1S/C17H17F3N8/c1-10(21)25-11-3-5-27(8-11)14-2-4-22-16(26-14)12-6-24-15-7-23-13(9-28(12)15)17(18,19)20/h2,4,6-7,9,11H,3,5,8H2,1H3,(H2,21,25). The van der Waals surface area contributed by atoms with Crippen LogP contribution in [0.5, 0.6) is 0 Å². The van der Waals surface area contributed by atoms with Gasteiger partial charge in [-0.2, -0.15) is 13.2 Å². The normalized spacial score (nSPS) is 18.2. The Morgan fingerprint density at radius 2 is 2.07 bits per heavy atom. The molecule has 3 aromatic rings. The Morgan fingerprint density at radius 1 is 1.25 bits per heavy atom. The average Bonchev–Trinajstić information content (AvgIpc) is 3.27. The van der Waals surface area contributed by atoms with Crippen LogP contribution in [0.1, 0.15) is 19.0 Å². The van der Waals surface area contributed by atoms with Gasteiger partial charge in [-0.05, 0) is 19.4 Å². The summed E-state index contributed by atoms with van der Waals surface area (Å²) in [5.74, 6) is 1.50. The van der Waals surface area contributed by atoms with Gasteiger partial charge in [0.2, 0.25) is 0 Å². The van der Waals surface area contributed by atoms with E-state index in [0.29, 0.717) is 23.9 Å². The Kier molecular flexibility index (Phi) is 4.36. The average molecular weight is 390 g/mol. The molecule has 3 aromatic heterocycles. The SMILES string of the molecule is CC(N)=NC1CCN(c2ccnc(-c3cnc4cnc(C(F)(F)F)cn34)n2)C1. The van der Waals surface area contributed by atoms with Crippen LogP contribution >= 0.6 is 0 Å². The molecule has 0 radical (unpaired) electrons. The van der Waals surface area contributed by atoms with Crippen molar-refractivity contribution in [3.05, 3.63) is 36.5 Å². The van der Waals surface area contributed by atoms with Gasteiger partial charge in [0.05, 0.1) is 24.3 Å². The number of hydrogen-bond donors (Lipinski definition) is 1. The van der Waals surface area contributed by atoms with Gasteiger partial charge in [0.25, 0.3) is 0 Å². The monoisotopic (exact) mass is 390 g/mol. The lowest BCUT2D eigenvalue weighted by atomic mass is 10.3. The molecule has 1 unspecified atom stereocenters. The third-order valence-corrected chi connectivity index (χ3v) is 4.43. The Bertz CT molecular complexity index is 1040. The number of anilines is 1. The van der Waals surface area contributed by atoms with E-state index in [1.165, 1.54) is 10.6 Å². The summed E-state index contributed by atoms with van der Waals surface area (Å²) < 4.78 is 40.3. The predicted octanol–water partition coefficient (Wildman–Crippen LogP) is 2.16. The molecule has 146 valence electrons. The maximum atomic E-state index is 13.0. The molecule has 1 atom stereocenters. The predicted molar refractivity (Wildman–Crippen MR) is 96.9 cm³/mol. The number of hydrogen-bond acceptors (Lipinski definition) is 6. The van der Waals surface area contributed by atoms with Crippen molar-refractivity contribution in [1.82, 2.24) is 24.3 Å². The Balaban J connectivity index is 1.68. The van der Waals surface area contributed by atoms with Crippen molar-refractivity contribution in [2.24, 2.45) is 10.7 Å². The summed E-state index contributed by atoms with van der Waals surface area (Å²) in [5.41, 5.74) is 5.29. The van der Waals surface area contributed by atoms with Crippen LogP contribution in [0.3, 0.4) is 0 Å². The molecule has 0 saturated carbocycles. The summed E-state index contributed by atoms with van der Waals surface area (Å²) in [7, 11) is 0. The topological polar surface area (TPSA) is 97.6 Å². The van der Waals surface area contributed by atoms with E-state index >= 15 is 0 Å². The summed E-state index contributed by atoms with van der Waals surface area (Å²) in [6.07, 6.45) is 1.29. The second kappa shape index (κ2) is 6.73. The molecule has 28 heavy (non-hydrogen) atoms. The zero-order valence-corrected chi connectivity index (χ0v) is 14.9. The molecule has 4 heterocycles. The zero-order valence-electron chi connectivity index (χ0n) is 14.9. The van der Waals surface area contributed by atoms with E-state index in [2.05, 4.69) is 24.9 Å². The molecular formula is C17H17F3N8. The molecule has 0 bridgehead atoms. The minimum atomic E-state index is -4.55. The fourth-order valence-electron chi connectivity index (χ4n) is 3.19. The molecule has 0 amide bonds. The lowest BCUT2D eigenvalue weighted by molar-refractivity contribution is -0.141. The van der Waals surface area contributed by atoms with E-state index in [1.807, 2.05) is 4.90 Å². The van der Waals surface area contributed by atoms with Gasteiger partial charge < -0.3 is 10.6 Å². The summed E-state index contributed by atoms with van der Waals surface area (Å²) >= 11 is 0. The Labute approximate surface area is 158 Å². The number of aromatic nitrogens is 5. The van der Waals surface area contributed by atoms with E-state index in [9.17, 15) is 13.2 Å². The van der Waals surface area contributed by atoms with Gasteiger partial charge in [-0.1, -0.05) is 0 Å². The van der Waals surface area contributed by atoms with E-state index in [-0.39, 0.29) is 17.5 Å². The summed E-state index contributed by atoms with van der Waals surface area (Å²) in [4.78, 5) is 22.7. The molecule has 1 fully saturated rings. The molecule has 4 rings (SSSR count). The fraction of sp³-hybridized carbons (Fsp3) is 0.353. The minimum Gasteiger partial charge on any atom is -0.388 e. The molecule has 11 heteroatoms. The van der Waals surface area contributed by atoms with Crippen LogP contribution in [-0.2, 0) is 6.18 Å². The number of alkyl halides is 3. The Hall–Kier alpha value is -3.24. The summed E-state index contributed by atoms with van der Waals surface area (Å²) in [5, 5.41) is 0. The Morgan fingerprint density at radius 3 is 2.82 bits per heavy atom. The number of rotatable bonds is 3. The molecular weight excluding hydrogens is 373 g/mol. The highest BCUT2D eigenvalue weighted by molar-refractivity contribution is 5.77. The van der Waals surface area contributed by atoms with Crippen LogP contribution in [0.25, 0.3) is 17.2 Å². The zero-order chi connectivity index (χ0) is 19.9. The largest absolute Gasteiger partial charge is 0.434 e. The molecule has 1 aliphatic heterocycles. The van der Waals surface area contributed by atoms with Crippen LogP contribution in [0.15, 0.2) is 35.8 Å². The minimum absolute atomic E-state index is 0.0969. The third-order valence-electron chi connectivity index (χ3n) is 4.43.